The highest BCUT2D eigenvalue weighted by molar-refractivity contribution is 9.10. The minimum Gasteiger partial charge on any atom is -0.478 e. The largest absolute Gasteiger partial charge is 0.478 e. The predicted molar refractivity (Wildman–Crippen MR) is 74.3 cm³/mol. The number of carboxylic acid groups (broad SMARTS) is 1. The van der Waals surface area contributed by atoms with Gasteiger partial charge in [-0.3, -0.25) is 4.79 Å². The molecule has 8 heteroatoms. The minimum atomic E-state index is -1.47. The van der Waals surface area contributed by atoms with E-state index in [4.69, 9.17) is 10.8 Å². The van der Waals surface area contributed by atoms with Crippen molar-refractivity contribution in [2.24, 2.45) is 5.73 Å². The van der Waals surface area contributed by atoms with E-state index in [1.54, 1.807) is 6.92 Å². The number of carbonyl (C=O) groups excluding carboxylic acids is 2. The van der Waals surface area contributed by atoms with Gasteiger partial charge in [0.05, 0.1) is 12.2 Å². The second-order valence-electron chi connectivity index (χ2n) is 3.75. The van der Waals surface area contributed by atoms with Crippen molar-refractivity contribution in [1.29, 1.82) is 0 Å². The first-order chi connectivity index (χ1) is 9.35. The lowest BCUT2D eigenvalue weighted by Crippen LogP contribution is -2.43. The fourth-order valence-electron chi connectivity index (χ4n) is 1.34. The van der Waals surface area contributed by atoms with Gasteiger partial charge in [0.1, 0.15) is 0 Å². The Morgan fingerprint density at radius 3 is 2.60 bits per heavy atom. The number of anilines is 1. The van der Waals surface area contributed by atoms with E-state index in [0.29, 0.717) is 4.47 Å². The summed E-state index contributed by atoms with van der Waals surface area (Å²) >= 11 is 3.12. The molecule has 1 aromatic rings. The number of esters is 1. The smallest absolute Gasteiger partial charge is 0.335 e. The van der Waals surface area contributed by atoms with E-state index < -0.39 is 23.9 Å². The van der Waals surface area contributed by atoms with Gasteiger partial charge in [0.25, 0.3) is 5.91 Å². The number of halogens is 1. The Kier molecular flexibility index (Phi) is 5.66. The molecule has 1 unspecified atom stereocenters. The van der Waals surface area contributed by atoms with Crippen LogP contribution in [-0.2, 0) is 14.3 Å². The molecule has 0 fully saturated rings. The number of hydrogen-bond acceptors (Lipinski definition) is 5. The van der Waals surface area contributed by atoms with Crippen LogP contribution in [0, 0.1) is 0 Å². The number of ether oxygens (including phenoxy) is 1. The van der Waals surface area contributed by atoms with Crippen molar-refractivity contribution in [3.05, 3.63) is 28.2 Å². The van der Waals surface area contributed by atoms with E-state index in [2.05, 4.69) is 26.0 Å². The molecule has 108 valence electrons. The molecule has 0 bridgehead atoms. The summed E-state index contributed by atoms with van der Waals surface area (Å²) < 4.78 is 5.09. The van der Waals surface area contributed by atoms with Crippen LogP contribution in [0.4, 0.5) is 5.69 Å². The van der Waals surface area contributed by atoms with E-state index in [1.165, 1.54) is 18.2 Å². The van der Waals surface area contributed by atoms with Crippen molar-refractivity contribution in [1.82, 2.24) is 0 Å². The van der Waals surface area contributed by atoms with Crippen LogP contribution in [0.25, 0.3) is 0 Å². The van der Waals surface area contributed by atoms with Crippen LogP contribution >= 0.6 is 15.9 Å². The number of carboxylic acids is 1. The number of nitrogens with two attached hydrogens (primary N) is 1. The Balaban J connectivity index is 2.85. The van der Waals surface area contributed by atoms with Gasteiger partial charge in [0.2, 0.25) is 0 Å². The molecule has 1 aromatic carbocycles. The summed E-state index contributed by atoms with van der Waals surface area (Å²) in [6.45, 7) is 1.70. The second kappa shape index (κ2) is 7.01. The van der Waals surface area contributed by atoms with Crippen molar-refractivity contribution >= 4 is 39.5 Å². The number of carbonyl (C=O) groups is 3. The van der Waals surface area contributed by atoms with Gasteiger partial charge in [0.15, 0.2) is 6.04 Å². The number of benzene rings is 1. The summed E-state index contributed by atoms with van der Waals surface area (Å²) in [4.78, 5) is 33.9. The second-order valence-corrected chi connectivity index (χ2v) is 4.67. The maximum atomic E-state index is 11.7. The number of nitrogens with one attached hydrogen (secondary N) is 1. The van der Waals surface area contributed by atoms with Crippen molar-refractivity contribution in [3.8, 4) is 0 Å². The normalized spacial score (nSPS) is 11.6. The average Bonchev–Trinajstić information content (AvgIpc) is 2.37. The lowest BCUT2D eigenvalue weighted by Gasteiger charge is -2.12. The molecular weight excluding hydrogens is 332 g/mol. The van der Waals surface area contributed by atoms with E-state index in [0.717, 1.165) is 0 Å². The molecule has 0 saturated heterocycles. The summed E-state index contributed by atoms with van der Waals surface area (Å²) in [5.41, 5.74) is 5.61. The molecule has 7 nitrogen and oxygen atoms in total. The van der Waals surface area contributed by atoms with Crippen LogP contribution in [0.2, 0.25) is 0 Å². The Morgan fingerprint density at radius 1 is 1.40 bits per heavy atom. The summed E-state index contributed by atoms with van der Waals surface area (Å²) in [5.74, 6) is -2.77. The van der Waals surface area contributed by atoms with Crippen LogP contribution in [0.3, 0.4) is 0 Å². The maximum Gasteiger partial charge on any atom is 0.335 e. The topological polar surface area (TPSA) is 119 Å². The van der Waals surface area contributed by atoms with Crippen molar-refractivity contribution in [2.75, 3.05) is 11.9 Å². The highest BCUT2D eigenvalue weighted by Crippen LogP contribution is 2.19. The molecule has 1 rings (SSSR count). The van der Waals surface area contributed by atoms with Gasteiger partial charge in [0, 0.05) is 10.2 Å². The molecule has 20 heavy (non-hydrogen) atoms. The zero-order valence-electron chi connectivity index (χ0n) is 10.6. The first kappa shape index (κ1) is 16.1. The van der Waals surface area contributed by atoms with Crippen molar-refractivity contribution in [3.63, 3.8) is 0 Å². The van der Waals surface area contributed by atoms with Crippen molar-refractivity contribution < 1.29 is 24.2 Å². The number of amides is 1. The Hall–Kier alpha value is -1.93. The molecule has 0 heterocycles. The monoisotopic (exact) mass is 344 g/mol. The molecule has 0 saturated carbocycles. The molecular formula is C12H13BrN2O5. The van der Waals surface area contributed by atoms with Crippen LogP contribution in [-0.4, -0.2) is 35.6 Å². The molecule has 0 spiro atoms. The average molecular weight is 345 g/mol. The molecule has 0 radical (unpaired) electrons. The third kappa shape index (κ3) is 4.32. The van der Waals surface area contributed by atoms with Gasteiger partial charge in [-0.25, -0.2) is 9.59 Å². The number of hydrogen-bond donors (Lipinski definition) is 3. The maximum absolute atomic E-state index is 11.7. The Bertz CT molecular complexity index is 547. The Morgan fingerprint density at radius 2 is 2.05 bits per heavy atom. The van der Waals surface area contributed by atoms with E-state index in [9.17, 15) is 14.4 Å². The third-order valence-electron chi connectivity index (χ3n) is 2.24. The highest BCUT2D eigenvalue weighted by atomic mass is 79.9. The van der Waals surface area contributed by atoms with Gasteiger partial charge in [-0.05, 0) is 25.1 Å². The molecule has 0 aliphatic rings. The van der Waals surface area contributed by atoms with Gasteiger partial charge in [-0.1, -0.05) is 15.9 Å². The molecule has 0 aliphatic heterocycles. The molecule has 1 atom stereocenters. The van der Waals surface area contributed by atoms with Gasteiger partial charge >= 0.3 is 11.9 Å². The number of aromatic carboxylic acids is 1. The lowest BCUT2D eigenvalue weighted by atomic mass is 10.2. The van der Waals surface area contributed by atoms with Crippen LogP contribution in [0.15, 0.2) is 22.7 Å². The fraction of sp³-hybridized carbons (Fsp3) is 0.250. The molecule has 4 N–H and O–H groups in total. The van der Waals surface area contributed by atoms with Gasteiger partial charge in [-0.15, -0.1) is 0 Å². The van der Waals surface area contributed by atoms with Crippen LogP contribution < -0.4 is 11.1 Å². The van der Waals surface area contributed by atoms with E-state index in [1.807, 2.05) is 0 Å². The van der Waals surface area contributed by atoms with Crippen LogP contribution in [0.5, 0.6) is 0 Å². The highest BCUT2D eigenvalue weighted by Gasteiger charge is 2.23. The standard InChI is InChI=1S/C12H13BrN2O5/c1-2-20-12(19)9(14)10(16)15-8-4-6(11(17)18)3-7(13)5-8/h3-5,9H,2,14H2,1H3,(H,15,16)(H,17,18). The lowest BCUT2D eigenvalue weighted by molar-refractivity contribution is -0.146. The first-order valence-electron chi connectivity index (χ1n) is 5.62. The number of rotatable bonds is 5. The SMILES string of the molecule is CCOC(=O)C(N)C(=O)Nc1cc(Br)cc(C(=O)O)c1. The minimum absolute atomic E-state index is 0.0145. The van der Waals surface area contributed by atoms with E-state index in [-0.39, 0.29) is 17.9 Å². The molecule has 0 aromatic heterocycles. The third-order valence-corrected chi connectivity index (χ3v) is 2.69. The van der Waals surface area contributed by atoms with Crippen molar-refractivity contribution in [2.45, 2.75) is 13.0 Å². The quantitative estimate of drug-likeness (QED) is 0.541. The first-order valence-corrected chi connectivity index (χ1v) is 6.41. The summed E-state index contributed by atoms with van der Waals surface area (Å²) in [6.07, 6.45) is 0. The summed E-state index contributed by atoms with van der Waals surface area (Å²) in [5, 5.41) is 11.3. The van der Waals surface area contributed by atoms with E-state index >= 15 is 0 Å². The van der Waals surface area contributed by atoms with Gasteiger partial charge < -0.3 is 20.9 Å². The predicted octanol–water partition coefficient (Wildman–Crippen LogP) is 0.976. The zero-order valence-corrected chi connectivity index (χ0v) is 12.1. The molecule has 0 aliphatic carbocycles. The van der Waals surface area contributed by atoms with Gasteiger partial charge in [-0.2, -0.15) is 0 Å². The Labute approximate surface area is 123 Å². The fourth-order valence-corrected chi connectivity index (χ4v) is 1.84. The molecule has 1 amide bonds. The van der Waals surface area contributed by atoms with Crippen LogP contribution in [0.1, 0.15) is 17.3 Å². The summed E-state index contributed by atoms with van der Waals surface area (Å²) in [7, 11) is 0. The zero-order chi connectivity index (χ0) is 15.3. The summed E-state index contributed by atoms with van der Waals surface area (Å²) in [6, 6.07) is 2.65.